The lowest BCUT2D eigenvalue weighted by atomic mass is 9.93. The molecule has 1 fully saturated rings. The first kappa shape index (κ1) is 15.3. The summed E-state index contributed by atoms with van der Waals surface area (Å²) in [4.78, 5) is 12.2. The average Bonchev–Trinajstić information content (AvgIpc) is 3.08. The van der Waals surface area contributed by atoms with Crippen LogP contribution < -0.4 is 5.32 Å². The van der Waals surface area contributed by atoms with E-state index in [0.29, 0.717) is 31.2 Å². The van der Waals surface area contributed by atoms with E-state index in [0.717, 1.165) is 25.0 Å². The minimum Gasteiger partial charge on any atom is -0.309 e. The number of hydrogen-bond donors (Lipinski definition) is 1. The molecule has 0 aliphatic heterocycles. The van der Waals surface area contributed by atoms with Crippen LogP contribution in [0.25, 0.3) is 0 Å². The lowest BCUT2D eigenvalue weighted by molar-refractivity contribution is -0.115. The second kappa shape index (κ2) is 7.09. The van der Waals surface area contributed by atoms with Crippen LogP contribution >= 0.6 is 0 Å². The van der Waals surface area contributed by atoms with Gasteiger partial charge in [-0.25, -0.2) is 0 Å². The predicted molar refractivity (Wildman–Crippen MR) is 84.5 cm³/mol. The quantitative estimate of drug-likeness (QED) is 0.794. The zero-order valence-electron chi connectivity index (χ0n) is 13.0. The summed E-state index contributed by atoms with van der Waals surface area (Å²) in [6, 6.07) is 6.23. The summed E-state index contributed by atoms with van der Waals surface area (Å²) in [7, 11) is 0. The van der Waals surface area contributed by atoms with Gasteiger partial charge < -0.3 is 5.32 Å². The molecule has 0 saturated heterocycles. The Balaban J connectivity index is 1.53. The third kappa shape index (κ3) is 3.77. The summed E-state index contributed by atoms with van der Waals surface area (Å²) < 4.78 is 3.72. The van der Waals surface area contributed by atoms with Crippen molar-refractivity contribution in [3.63, 3.8) is 0 Å². The monoisotopic (exact) mass is 312 g/mol. The van der Waals surface area contributed by atoms with Gasteiger partial charge in [0.15, 0.2) is 5.82 Å². The molecule has 7 heteroatoms. The van der Waals surface area contributed by atoms with Gasteiger partial charge in [0.25, 0.3) is 0 Å². The number of rotatable bonds is 7. The summed E-state index contributed by atoms with van der Waals surface area (Å²) in [6.45, 7) is 0.678. The summed E-state index contributed by atoms with van der Waals surface area (Å²) >= 11 is 0. The largest absolute Gasteiger partial charge is 0.309 e. The first-order chi connectivity index (χ1) is 11.3. The average molecular weight is 312 g/mol. The van der Waals surface area contributed by atoms with Gasteiger partial charge in [-0.15, -0.1) is 0 Å². The van der Waals surface area contributed by atoms with Crippen molar-refractivity contribution in [2.75, 3.05) is 5.32 Å². The zero-order valence-corrected chi connectivity index (χ0v) is 13.0. The molecule has 0 spiro atoms. The van der Waals surface area contributed by atoms with Crippen LogP contribution in [-0.2, 0) is 17.8 Å². The Labute approximate surface area is 134 Å². The van der Waals surface area contributed by atoms with E-state index in [1.54, 1.807) is 16.9 Å². The van der Waals surface area contributed by atoms with Gasteiger partial charge in [0.05, 0.1) is 18.5 Å². The van der Waals surface area contributed by atoms with E-state index >= 15 is 0 Å². The Bertz CT molecular complexity index is 706. The lowest BCUT2D eigenvalue weighted by Gasteiger charge is -2.27. The lowest BCUT2D eigenvalue weighted by Crippen LogP contribution is -2.23. The smallest absolute Gasteiger partial charge is 0.231 e. The van der Waals surface area contributed by atoms with Gasteiger partial charge in [-0.05, 0) is 31.7 Å². The molecule has 0 aromatic carbocycles. The van der Waals surface area contributed by atoms with Crippen molar-refractivity contribution in [1.82, 2.24) is 19.6 Å². The Hall–Kier alpha value is -2.62. The second-order valence-corrected chi connectivity index (χ2v) is 5.80. The molecule has 23 heavy (non-hydrogen) atoms. The van der Waals surface area contributed by atoms with Crippen molar-refractivity contribution in [3.05, 3.63) is 30.2 Å². The van der Waals surface area contributed by atoms with E-state index < -0.39 is 0 Å². The Kier molecular flexibility index (Phi) is 4.71. The Morgan fingerprint density at radius 2 is 2.30 bits per heavy atom. The van der Waals surface area contributed by atoms with Crippen LogP contribution in [0.1, 0.15) is 43.8 Å². The molecule has 3 rings (SSSR count). The first-order valence-corrected chi connectivity index (χ1v) is 7.99. The fourth-order valence-corrected chi connectivity index (χ4v) is 2.67. The number of aromatic nitrogens is 4. The third-order valence-electron chi connectivity index (χ3n) is 4.10. The maximum Gasteiger partial charge on any atom is 0.231 e. The highest BCUT2D eigenvalue weighted by Crippen LogP contribution is 2.31. The molecule has 0 bridgehead atoms. The summed E-state index contributed by atoms with van der Waals surface area (Å²) in [5.74, 6) is 0.454. The second-order valence-electron chi connectivity index (χ2n) is 5.80. The standard InChI is InChI=1S/C16H20N6O/c17-8-1-2-10-21-11-7-15(20-21)19-16(23)12-14-6-9-18-22(14)13-4-3-5-13/h6-7,9,11,13H,1-5,10,12H2,(H,19,20,23). The molecule has 1 N–H and O–H groups in total. The molecule has 7 nitrogen and oxygen atoms in total. The molecule has 2 heterocycles. The predicted octanol–water partition coefficient (Wildman–Crippen LogP) is 2.29. The first-order valence-electron chi connectivity index (χ1n) is 7.99. The Morgan fingerprint density at radius 1 is 1.43 bits per heavy atom. The van der Waals surface area contributed by atoms with Gasteiger partial charge in [0.1, 0.15) is 0 Å². The van der Waals surface area contributed by atoms with Gasteiger partial charge in [-0.3, -0.25) is 14.2 Å². The molecule has 1 amide bonds. The summed E-state index contributed by atoms with van der Waals surface area (Å²) in [5, 5.41) is 20.0. The molecule has 1 saturated carbocycles. The molecule has 0 unspecified atom stereocenters. The van der Waals surface area contributed by atoms with E-state index in [1.807, 2.05) is 16.9 Å². The van der Waals surface area contributed by atoms with Crippen LogP contribution in [-0.4, -0.2) is 25.5 Å². The van der Waals surface area contributed by atoms with E-state index in [-0.39, 0.29) is 5.91 Å². The van der Waals surface area contributed by atoms with Gasteiger partial charge in [0, 0.05) is 37.1 Å². The van der Waals surface area contributed by atoms with Crippen LogP contribution in [0, 0.1) is 11.3 Å². The number of aryl methyl sites for hydroxylation is 1. The highest BCUT2D eigenvalue weighted by molar-refractivity contribution is 5.91. The topological polar surface area (TPSA) is 88.5 Å². The van der Waals surface area contributed by atoms with Crippen molar-refractivity contribution in [1.29, 1.82) is 5.26 Å². The van der Waals surface area contributed by atoms with E-state index in [1.165, 1.54) is 6.42 Å². The molecule has 120 valence electrons. The van der Waals surface area contributed by atoms with Crippen LogP contribution in [0.4, 0.5) is 5.82 Å². The van der Waals surface area contributed by atoms with Crippen LogP contribution in [0.2, 0.25) is 0 Å². The van der Waals surface area contributed by atoms with Crippen LogP contribution in [0.3, 0.4) is 0 Å². The molecule has 0 radical (unpaired) electrons. The number of carbonyl (C=O) groups excluding carboxylic acids is 1. The fraction of sp³-hybridized carbons (Fsp3) is 0.500. The minimum atomic E-state index is -0.0895. The minimum absolute atomic E-state index is 0.0895. The Morgan fingerprint density at radius 3 is 3.04 bits per heavy atom. The molecule has 1 aliphatic carbocycles. The van der Waals surface area contributed by atoms with Gasteiger partial charge >= 0.3 is 0 Å². The third-order valence-corrected chi connectivity index (χ3v) is 4.10. The van der Waals surface area contributed by atoms with Crippen molar-refractivity contribution < 1.29 is 4.79 Å². The van der Waals surface area contributed by atoms with Crippen molar-refractivity contribution in [3.8, 4) is 6.07 Å². The van der Waals surface area contributed by atoms with Crippen molar-refractivity contribution >= 4 is 11.7 Å². The number of anilines is 1. The fourth-order valence-electron chi connectivity index (χ4n) is 2.67. The SMILES string of the molecule is N#CCCCn1ccc(NC(=O)Cc2ccnn2C2CCC2)n1. The molecule has 2 aromatic rings. The van der Waals surface area contributed by atoms with E-state index in [2.05, 4.69) is 21.6 Å². The molecule has 1 aliphatic rings. The number of nitrogens with zero attached hydrogens (tertiary/aromatic N) is 5. The van der Waals surface area contributed by atoms with Crippen molar-refractivity contribution in [2.45, 2.75) is 51.1 Å². The summed E-state index contributed by atoms with van der Waals surface area (Å²) in [6.07, 6.45) is 8.65. The molecule has 2 aromatic heterocycles. The number of amides is 1. The molecule has 0 atom stereocenters. The normalized spacial score (nSPS) is 14.2. The molecular weight excluding hydrogens is 292 g/mol. The van der Waals surface area contributed by atoms with Gasteiger partial charge in [-0.2, -0.15) is 15.5 Å². The van der Waals surface area contributed by atoms with Crippen LogP contribution in [0.5, 0.6) is 0 Å². The zero-order chi connectivity index (χ0) is 16.1. The molecular formula is C16H20N6O. The maximum absolute atomic E-state index is 12.2. The number of nitriles is 1. The number of unbranched alkanes of at least 4 members (excludes halogenated alkanes) is 1. The number of carbonyl (C=O) groups is 1. The van der Waals surface area contributed by atoms with Crippen LogP contribution in [0.15, 0.2) is 24.5 Å². The maximum atomic E-state index is 12.2. The van der Waals surface area contributed by atoms with Gasteiger partial charge in [-0.1, -0.05) is 0 Å². The highest BCUT2D eigenvalue weighted by Gasteiger charge is 2.22. The number of nitrogens with one attached hydrogen (secondary N) is 1. The number of hydrogen-bond acceptors (Lipinski definition) is 4. The van der Waals surface area contributed by atoms with Gasteiger partial charge in [0.2, 0.25) is 5.91 Å². The van der Waals surface area contributed by atoms with Crippen molar-refractivity contribution in [2.24, 2.45) is 0 Å². The van der Waals surface area contributed by atoms with E-state index in [9.17, 15) is 4.79 Å². The highest BCUT2D eigenvalue weighted by atomic mass is 16.1. The summed E-state index contributed by atoms with van der Waals surface area (Å²) in [5.41, 5.74) is 0.945. The van der Waals surface area contributed by atoms with E-state index in [4.69, 9.17) is 5.26 Å².